The summed E-state index contributed by atoms with van der Waals surface area (Å²) in [6.07, 6.45) is -1.06. The minimum Gasteiger partial charge on any atom is -0.380 e. The zero-order valence-corrected chi connectivity index (χ0v) is 8.52. The molecule has 0 fully saturated rings. The van der Waals surface area contributed by atoms with Crippen molar-refractivity contribution >= 4 is 11.6 Å². The second kappa shape index (κ2) is 4.01. The third kappa shape index (κ3) is 1.81. The fraction of sp³-hybridized carbons (Fsp3) is 0.333. The van der Waals surface area contributed by atoms with Crippen LogP contribution in [-0.2, 0) is 11.3 Å². The van der Waals surface area contributed by atoms with E-state index in [0.29, 0.717) is 5.56 Å². The number of nitrogens with two attached hydrogens (primary N) is 1. The molecular weight excluding hydrogens is 218 g/mol. The van der Waals surface area contributed by atoms with Crippen molar-refractivity contribution < 1.29 is 13.5 Å². The van der Waals surface area contributed by atoms with Crippen molar-refractivity contribution in [2.45, 2.75) is 13.0 Å². The quantitative estimate of drug-likeness (QED) is 0.862. The first-order chi connectivity index (χ1) is 7.61. The van der Waals surface area contributed by atoms with Gasteiger partial charge < -0.3 is 10.5 Å². The number of rotatable bonds is 3. The molecule has 7 heteroatoms. The second-order valence-corrected chi connectivity index (χ2v) is 3.28. The van der Waals surface area contributed by atoms with E-state index in [4.69, 9.17) is 10.5 Å². The van der Waals surface area contributed by atoms with E-state index >= 15 is 0 Å². The van der Waals surface area contributed by atoms with Crippen LogP contribution in [0.2, 0.25) is 0 Å². The lowest BCUT2D eigenvalue weighted by Gasteiger charge is -2.05. The summed E-state index contributed by atoms with van der Waals surface area (Å²) in [4.78, 5) is 3.74. The first kappa shape index (κ1) is 10.7. The summed E-state index contributed by atoms with van der Waals surface area (Å²) < 4.78 is 31.6. The van der Waals surface area contributed by atoms with Gasteiger partial charge in [-0.25, -0.2) is 13.3 Å². The molecule has 0 radical (unpaired) electrons. The molecule has 2 N–H and O–H groups in total. The predicted molar refractivity (Wildman–Crippen MR) is 53.1 cm³/mol. The molecule has 0 atom stereocenters. The highest BCUT2D eigenvalue weighted by molar-refractivity contribution is 5.51. The molecule has 0 spiro atoms. The van der Waals surface area contributed by atoms with Crippen LogP contribution in [0.15, 0.2) is 12.3 Å². The van der Waals surface area contributed by atoms with E-state index in [9.17, 15) is 8.78 Å². The monoisotopic (exact) mass is 228 g/mol. The van der Waals surface area contributed by atoms with Gasteiger partial charge in [-0.05, 0) is 11.6 Å². The number of ether oxygens (including phenoxy) is 1. The van der Waals surface area contributed by atoms with Crippen LogP contribution >= 0.6 is 0 Å². The molecule has 0 aromatic carbocycles. The first-order valence-electron chi connectivity index (χ1n) is 4.53. The van der Waals surface area contributed by atoms with Crippen molar-refractivity contribution in [2.24, 2.45) is 0 Å². The summed E-state index contributed by atoms with van der Waals surface area (Å²) in [6, 6.07) is 1.34. The topological polar surface area (TPSA) is 65.4 Å². The number of nitrogens with zero attached hydrogens (tertiary/aromatic N) is 3. The Morgan fingerprint density at radius 3 is 2.94 bits per heavy atom. The molecule has 2 aromatic heterocycles. The summed E-state index contributed by atoms with van der Waals surface area (Å²) in [6.45, 7) is 0.232. The number of aromatic nitrogens is 3. The summed E-state index contributed by atoms with van der Waals surface area (Å²) in [5, 5.41) is 3.79. The second-order valence-electron chi connectivity index (χ2n) is 3.28. The molecule has 0 bridgehead atoms. The maximum Gasteiger partial charge on any atom is 0.267 e. The molecule has 0 aliphatic heterocycles. The smallest absolute Gasteiger partial charge is 0.267 e. The van der Waals surface area contributed by atoms with Crippen LogP contribution < -0.4 is 5.73 Å². The van der Waals surface area contributed by atoms with Crippen LogP contribution in [0, 0.1) is 0 Å². The molecule has 0 aliphatic carbocycles. The number of halogens is 2. The molecule has 0 saturated carbocycles. The Balaban J connectivity index is 2.63. The van der Waals surface area contributed by atoms with Gasteiger partial charge in [0.05, 0.1) is 12.2 Å². The zero-order valence-electron chi connectivity index (χ0n) is 8.52. The van der Waals surface area contributed by atoms with Gasteiger partial charge in [0, 0.05) is 13.3 Å². The first-order valence-corrected chi connectivity index (χ1v) is 4.53. The number of alkyl halides is 2. The van der Waals surface area contributed by atoms with Crippen molar-refractivity contribution in [3.63, 3.8) is 0 Å². The summed E-state index contributed by atoms with van der Waals surface area (Å²) in [5.41, 5.74) is 5.84. The minimum absolute atomic E-state index is 0.0310. The molecule has 0 unspecified atom stereocenters. The molecule has 2 aromatic rings. The van der Waals surface area contributed by atoms with Gasteiger partial charge in [0.15, 0.2) is 5.65 Å². The maximum atomic E-state index is 12.8. The van der Waals surface area contributed by atoms with Crippen LogP contribution in [0.25, 0.3) is 5.65 Å². The fourth-order valence-corrected chi connectivity index (χ4v) is 1.49. The van der Waals surface area contributed by atoms with Gasteiger partial charge in [-0.1, -0.05) is 0 Å². The van der Waals surface area contributed by atoms with Gasteiger partial charge in [0.1, 0.15) is 0 Å². The van der Waals surface area contributed by atoms with Crippen molar-refractivity contribution in [1.82, 2.24) is 14.6 Å². The Kier molecular flexibility index (Phi) is 2.69. The normalized spacial score (nSPS) is 11.5. The zero-order chi connectivity index (χ0) is 11.7. The van der Waals surface area contributed by atoms with Crippen molar-refractivity contribution in [3.8, 4) is 0 Å². The van der Waals surface area contributed by atoms with Gasteiger partial charge in [-0.3, -0.25) is 0 Å². The van der Waals surface area contributed by atoms with Crippen molar-refractivity contribution in [2.75, 3.05) is 12.8 Å². The van der Waals surface area contributed by atoms with Crippen LogP contribution in [0.4, 0.5) is 14.7 Å². The highest BCUT2D eigenvalue weighted by Crippen LogP contribution is 2.24. The average molecular weight is 228 g/mol. The Morgan fingerprint density at radius 2 is 2.31 bits per heavy atom. The lowest BCUT2D eigenvalue weighted by molar-refractivity contribution is 0.151. The molecule has 2 heterocycles. The van der Waals surface area contributed by atoms with Crippen LogP contribution in [0.5, 0.6) is 0 Å². The molecule has 16 heavy (non-hydrogen) atoms. The molecule has 5 nitrogen and oxygen atoms in total. The maximum absolute atomic E-state index is 12.8. The van der Waals surface area contributed by atoms with Crippen molar-refractivity contribution in [1.29, 1.82) is 0 Å². The molecule has 0 aliphatic rings. The molecule has 86 valence electrons. The molecular formula is C9H10F2N4O. The van der Waals surface area contributed by atoms with E-state index in [2.05, 4.69) is 10.1 Å². The Labute approximate surface area is 89.8 Å². The standard InChI is InChI=1S/C9H10F2N4O/c1-16-4-5-2-6(7(10)11)8-13-9(12)14-15(8)3-5/h2-3,7H,4H2,1H3,(H2,12,14). The lowest BCUT2D eigenvalue weighted by atomic mass is 10.2. The Hall–Kier alpha value is -1.76. The van der Waals surface area contributed by atoms with Crippen LogP contribution in [-0.4, -0.2) is 21.7 Å². The van der Waals surface area contributed by atoms with Gasteiger partial charge in [-0.2, -0.15) is 4.98 Å². The third-order valence-corrected chi connectivity index (χ3v) is 2.08. The van der Waals surface area contributed by atoms with E-state index in [1.807, 2.05) is 0 Å². The van der Waals surface area contributed by atoms with Crippen molar-refractivity contribution in [3.05, 3.63) is 23.4 Å². The molecule has 2 rings (SSSR count). The van der Waals surface area contributed by atoms with Gasteiger partial charge in [0.2, 0.25) is 5.95 Å². The summed E-state index contributed by atoms with van der Waals surface area (Å²) >= 11 is 0. The van der Waals surface area contributed by atoms with E-state index in [-0.39, 0.29) is 23.8 Å². The van der Waals surface area contributed by atoms with Gasteiger partial charge >= 0.3 is 0 Å². The Bertz CT molecular complexity index is 511. The predicted octanol–water partition coefficient (Wildman–Crippen LogP) is 1.40. The van der Waals surface area contributed by atoms with E-state index in [1.165, 1.54) is 17.7 Å². The largest absolute Gasteiger partial charge is 0.380 e. The van der Waals surface area contributed by atoms with Gasteiger partial charge in [-0.15, -0.1) is 5.10 Å². The average Bonchev–Trinajstić information content (AvgIpc) is 2.57. The highest BCUT2D eigenvalue weighted by Gasteiger charge is 2.16. The van der Waals surface area contributed by atoms with Crippen LogP contribution in [0.1, 0.15) is 17.6 Å². The number of methoxy groups -OCH3 is 1. The third-order valence-electron chi connectivity index (χ3n) is 2.08. The number of fused-ring (bicyclic) bond motifs is 1. The van der Waals surface area contributed by atoms with Crippen LogP contribution in [0.3, 0.4) is 0 Å². The highest BCUT2D eigenvalue weighted by atomic mass is 19.3. The van der Waals surface area contributed by atoms with E-state index in [0.717, 1.165) is 0 Å². The number of hydrogen-bond donors (Lipinski definition) is 1. The summed E-state index contributed by atoms with van der Waals surface area (Å²) in [5.74, 6) is -0.0310. The number of hydrogen-bond acceptors (Lipinski definition) is 4. The van der Waals surface area contributed by atoms with E-state index in [1.54, 1.807) is 6.20 Å². The minimum atomic E-state index is -2.62. The Morgan fingerprint density at radius 1 is 1.56 bits per heavy atom. The lowest BCUT2D eigenvalue weighted by Crippen LogP contribution is -1.99. The fourth-order valence-electron chi connectivity index (χ4n) is 1.49. The number of anilines is 1. The molecule has 0 saturated heterocycles. The number of nitrogen functional groups attached to an aromatic ring is 1. The number of pyridine rings is 1. The molecule has 0 amide bonds. The van der Waals surface area contributed by atoms with E-state index < -0.39 is 6.43 Å². The van der Waals surface area contributed by atoms with Gasteiger partial charge in [0.25, 0.3) is 6.43 Å². The SMILES string of the molecule is COCc1cc(C(F)F)c2nc(N)nn2c1. The summed E-state index contributed by atoms with van der Waals surface area (Å²) in [7, 11) is 1.49.